The average molecular weight is 702 g/mol. The van der Waals surface area contributed by atoms with Gasteiger partial charge in [0.05, 0.1) is 63.4 Å². The molecule has 0 aromatic heterocycles. The summed E-state index contributed by atoms with van der Waals surface area (Å²) in [7, 11) is 12.3. The third-order valence-corrected chi connectivity index (χ3v) is 4.54. The second kappa shape index (κ2) is 23.8. The van der Waals surface area contributed by atoms with Crippen molar-refractivity contribution in [2.24, 2.45) is 0 Å². The van der Waals surface area contributed by atoms with Crippen LogP contribution in [0.2, 0.25) is 0 Å². The average Bonchev–Trinajstić information content (AvgIpc) is 2.80. The van der Waals surface area contributed by atoms with Crippen molar-refractivity contribution in [3.05, 3.63) is 36.5 Å². The lowest BCUT2D eigenvalue weighted by molar-refractivity contribution is -0.873. The monoisotopic (exact) mass is 701 g/mol. The van der Waals surface area contributed by atoms with E-state index in [2.05, 4.69) is 19.7 Å². The SMILES string of the molecule is C=C(C)C(=O)OCC(O)C[N+](C)(C)C.C=C(C)C(=O)OCC(O)C[N+](C)(C)C.C=C(C)C(=O)OCC(O)C[N+](C)(C)C.O=P([O-])([O-])[O-]. The van der Waals surface area contributed by atoms with Crippen molar-refractivity contribution in [3.8, 4) is 0 Å². The number of likely N-dealkylation sites (N-methyl/N-ethyl adjacent to an activating group) is 3. The minimum absolute atomic E-state index is 0.0290. The molecule has 0 spiro atoms. The Morgan fingerprint density at radius 2 is 0.702 bits per heavy atom. The summed E-state index contributed by atoms with van der Waals surface area (Å²) in [6.07, 6.45) is -1.88. The lowest BCUT2D eigenvalue weighted by Gasteiger charge is -2.36. The predicted octanol–water partition coefficient (Wildman–Crippen LogP) is -2.31. The summed E-state index contributed by atoms with van der Waals surface area (Å²) in [4.78, 5) is 58.6. The fourth-order valence-corrected chi connectivity index (χ4v) is 2.94. The number of carbonyl (C=O) groups is 3. The van der Waals surface area contributed by atoms with Gasteiger partial charge in [-0.3, -0.25) is 0 Å². The van der Waals surface area contributed by atoms with Crippen LogP contribution in [0.3, 0.4) is 0 Å². The quantitative estimate of drug-likeness (QED) is 0.0537. The van der Waals surface area contributed by atoms with Gasteiger partial charge in [0.2, 0.25) is 0 Å². The number of esters is 3. The second-order valence-corrected chi connectivity index (χ2v) is 14.9. The molecule has 0 bridgehead atoms. The zero-order chi connectivity index (χ0) is 38.6. The summed E-state index contributed by atoms with van der Waals surface area (Å²) in [6.45, 7) is 16.8. The first kappa shape index (κ1) is 51.3. The van der Waals surface area contributed by atoms with E-state index in [1.54, 1.807) is 20.8 Å². The van der Waals surface area contributed by atoms with E-state index in [9.17, 15) is 29.7 Å². The van der Waals surface area contributed by atoms with Crippen molar-refractivity contribution in [2.75, 3.05) is 103 Å². The van der Waals surface area contributed by atoms with Gasteiger partial charge in [-0.05, 0) is 20.8 Å². The van der Waals surface area contributed by atoms with E-state index in [1.807, 2.05) is 63.4 Å². The molecule has 0 aliphatic heterocycles. The molecule has 3 N–H and O–H groups in total. The van der Waals surface area contributed by atoms with E-state index < -0.39 is 44.0 Å². The van der Waals surface area contributed by atoms with Crippen molar-refractivity contribution >= 4 is 25.7 Å². The largest absolute Gasteiger partial charge is 0.822 e. The van der Waals surface area contributed by atoms with Gasteiger partial charge >= 0.3 is 17.9 Å². The minimum atomic E-state index is -5.39. The zero-order valence-electron chi connectivity index (χ0n) is 30.3. The Kier molecular flexibility index (Phi) is 26.0. The van der Waals surface area contributed by atoms with Crippen LogP contribution in [0.15, 0.2) is 36.5 Å². The summed E-state index contributed by atoms with van der Waals surface area (Å²) >= 11 is 0. The zero-order valence-corrected chi connectivity index (χ0v) is 31.2. The van der Waals surface area contributed by atoms with Crippen LogP contribution in [0.25, 0.3) is 0 Å². The molecule has 0 aromatic rings. The maximum Gasteiger partial charge on any atom is 0.333 e. The summed E-state index contributed by atoms with van der Waals surface area (Å²) < 4.78 is 24.9. The molecule has 3 atom stereocenters. The second-order valence-electron chi connectivity index (χ2n) is 14.0. The van der Waals surface area contributed by atoms with Gasteiger partial charge in [0.1, 0.15) is 57.8 Å². The maximum absolute atomic E-state index is 11.0. The predicted molar refractivity (Wildman–Crippen MR) is 172 cm³/mol. The molecule has 278 valence electrons. The van der Waals surface area contributed by atoms with Gasteiger partial charge in [0.25, 0.3) is 0 Å². The third-order valence-electron chi connectivity index (χ3n) is 4.54. The lowest BCUT2D eigenvalue weighted by atomic mass is 10.3. The molecule has 0 heterocycles. The first-order chi connectivity index (χ1) is 20.7. The van der Waals surface area contributed by atoms with Gasteiger partial charge in [-0.1, -0.05) is 19.7 Å². The number of aliphatic hydroxyl groups excluding tert-OH is 3. The number of phosphoric acid groups is 1. The Morgan fingerprint density at radius 3 is 0.809 bits per heavy atom. The van der Waals surface area contributed by atoms with Gasteiger partial charge < -0.3 is 62.2 Å². The van der Waals surface area contributed by atoms with Crippen LogP contribution >= 0.6 is 7.82 Å². The molecule has 17 heteroatoms. The van der Waals surface area contributed by atoms with Crippen molar-refractivity contribution in [1.82, 2.24) is 0 Å². The van der Waals surface area contributed by atoms with Crippen LogP contribution in [0, 0.1) is 0 Å². The molecule has 47 heavy (non-hydrogen) atoms. The van der Waals surface area contributed by atoms with E-state index in [0.29, 0.717) is 49.8 Å². The first-order valence-corrected chi connectivity index (χ1v) is 15.8. The number of nitrogens with zero attached hydrogens (tertiary/aromatic N) is 3. The van der Waals surface area contributed by atoms with E-state index in [-0.39, 0.29) is 19.8 Å². The molecule has 0 saturated carbocycles. The lowest BCUT2D eigenvalue weighted by Crippen LogP contribution is -2.43. The number of hydrogen-bond acceptors (Lipinski definition) is 13. The minimum Gasteiger partial charge on any atom is -0.822 e. The molecule has 3 unspecified atom stereocenters. The van der Waals surface area contributed by atoms with Crippen LogP contribution in [0.5, 0.6) is 0 Å². The van der Waals surface area contributed by atoms with Crippen molar-refractivity contribution in [1.29, 1.82) is 0 Å². The molecule has 0 saturated heterocycles. The van der Waals surface area contributed by atoms with E-state index in [1.165, 1.54) is 0 Å². The molecule has 0 aromatic carbocycles. The molecule has 0 rings (SSSR count). The first-order valence-electron chi connectivity index (χ1n) is 14.3. The van der Waals surface area contributed by atoms with Crippen LogP contribution < -0.4 is 14.7 Å². The smallest absolute Gasteiger partial charge is 0.333 e. The molecule has 0 radical (unpaired) electrons. The normalized spacial score (nSPS) is 13.3. The highest BCUT2D eigenvalue weighted by atomic mass is 31.2. The molecular weight excluding hydrogens is 641 g/mol. The molecule has 16 nitrogen and oxygen atoms in total. The van der Waals surface area contributed by atoms with E-state index in [4.69, 9.17) is 33.5 Å². The Morgan fingerprint density at radius 1 is 0.553 bits per heavy atom. The highest BCUT2D eigenvalue weighted by Crippen LogP contribution is 2.03. The van der Waals surface area contributed by atoms with Gasteiger partial charge in [-0.25, -0.2) is 14.4 Å². The fourth-order valence-electron chi connectivity index (χ4n) is 2.94. The van der Waals surface area contributed by atoms with Crippen LogP contribution in [0.1, 0.15) is 20.8 Å². The van der Waals surface area contributed by atoms with Gasteiger partial charge in [-0.2, -0.15) is 7.82 Å². The van der Waals surface area contributed by atoms with E-state index in [0.717, 1.165) is 0 Å². The number of aliphatic hydroxyl groups is 3. The highest BCUT2D eigenvalue weighted by molar-refractivity contribution is 7.40. The van der Waals surface area contributed by atoms with Crippen molar-refractivity contribution in [3.63, 3.8) is 0 Å². The van der Waals surface area contributed by atoms with Crippen molar-refractivity contribution < 1.29 is 76.6 Å². The number of ether oxygens (including phenoxy) is 3. The highest BCUT2D eigenvalue weighted by Gasteiger charge is 2.19. The fraction of sp³-hybridized carbons (Fsp3) is 0.700. The van der Waals surface area contributed by atoms with Crippen LogP contribution in [0.4, 0.5) is 0 Å². The molecule has 0 fully saturated rings. The third kappa shape index (κ3) is 48.0. The maximum atomic E-state index is 11.0. The van der Waals surface area contributed by atoms with Gasteiger partial charge in [0, 0.05) is 16.7 Å². The molecule has 0 amide bonds. The molecule has 0 aliphatic rings. The summed E-state index contributed by atoms with van der Waals surface area (Å²) in [5.74, 6) is -1.36. The number of carbonyl (C=O) groups excluding carboxylic acids is 3. The topological polar surface area (TPSA) is 226 Å². The Balaban J connectivity index is -0.000000275. The Bertz CT molecular complexity index is 917. The standard InChI is InChI=1S/3C10H20NO3.H3O4P/c3*1-8(2)10(13)14-7-9(12)6-11(3,4)5;1-5(2,3)4/h3*9,12H,1,6-7H2,2-5H3;(H3,1,2,3,4)/q3*+1;/p-3. The van der Waals surface area contributed by atoms with Gasteiger partial charge in [-0.15, -0.1) is 0 Å². The summed E-state index contributed by atoms with van der Waals surface area (Å²) in [5.41, 5.74) is 1.05. The van der Waals surface area contributed by atoms with Gasteiger partial charge in [0.15, 0.2) is 0 Å². The number of hydrogen-bond donors (Lipinski definition) is 3. The molecular formula is C30H60N3O13P. The summed E-state index contributed by atoms with van der Waals surface area (Å²) in [6, 6.07) is 0. The van der Waals surface area contributed by atoms with E-state index >= 15 is 0 Å². The number of quaternary nitrogens is 3. The van der Waals surface area contributed by atoms with Crippen LogP contribution in [-0.4, -0.2) is 168 Å². The van der Waals surface area contributed by atoms with Crippen molar-refractivity contribution in [2.45, 2.75) is 39.1 Å². The van der Waals surface area contributed by atoms with Crippen LogP contribution in [-0.2, 0) is 33.2 Å². The Hall–Kier alpha value is -2.50. The Labute approximate surface area is 280 Å². The molecule has 0 aliphatic carbocycles. The number of rotatable bonds is 15. The summed E-state index contributed by atoms with van der Waals surface area (Å²) in [5, 5.41) is 28.5.